The third-order valence-electron chi connectivity index (χ3n) is 3.85. The van der Waals surface area contributed by atoms with Crippen LogP contribution in [0.3, 0.4) is 0 Å². The number of rotatable bonds is 9. The second kappa shape index (κ2) is 9.78. The summed E-state index contributed by atoms with van der Waals surface area (Å²) in [5.74, 6) is 1.76. The molecule has 0 spiro atoms. The van der Waals surface area contributed by atoms with Gasteiger partial charge in [0.25, 0.3) is 0 Å². The minimum Gasteiger partial charge on any atom is -0.497 e. The zero-order valence-corrected chi connectivity index (χ0v) is 17.1. The molecule has 2 aromatic carbocycles. The number of thioether (sulfide) groups is 1. The molecule has 0 saturated heterocycles. The molecule has 0 radical (unpaired) electrons. The average molecular weight is 415 g/mol. The van der Waals surface area contributed by atoms with E-state index in [0.717, 1.165) is 0 Å². The molecular weight excluding hydrogens is 394 g/mol. The number of tetrazole rings is 1. The van der Waals surface area contributed by atoms with E-state index in [1.165, 1.54) is 16.4 Å². The van der Waals surface area contributed by atoms with Gasteiger partial charge in [-0.25, -0.2) is 0 Å². The largest absolute Gasteiger partial charge is 0.497 e. The van der Waals surface area contributed by atoms with E-state index in [2.05, 4.69) is 20.8 Å². The quantitative estimate of drug-likeness (QED) is 0.533. The van der Waals surface area contributed by atoms with Crippen molar-refractivity contribution in [1.82, 2.24) is 20.2 Å². The van der Waals surface area contributed by atoms with Gasteiger partial charge in [0.15, 0.2) is 0 Å². The molecule has 9 nitrogen and oxygen atoms in total. The van der Waals surface area contributed by atoms with Crippen molar-refractivity contribution in [3.05, 3.63) is 42.5 Å². The highest BCUT2D eigenvalue weighted by molar-refractivity contribution is 7.99. The van der Waals surface area contributed by atoms with Crippen molar-refractivity contribution in [3.63, 3.8) is 0 Å². The molecule has 1 amide bonds. The molecule has 152 valence electrons. The van der Waals surface area contributed by atoms with Crippen LogP contribution >= 0.6 is 11.8 Å². The Kier molecular flexibility index (Phi) is 6.90. The van der Waals surface area contributed by atoms with E-state index < -0.39 is 0 Å². The van der Waals surface area contributed by atoms with Crippen LogP contribution in [0.1, 0.15) is 6.92 Å². The van der Waals surface area contributed by atoms with Gasteiger partial charge in [-0.3, -0.25) is 4.79 Å². The molecule has 1 N–H and O–H groups in total. The van der Waals surface area contributed by atoms with Crippen LogP contribution in [0.5, 0.6) is 17.2 Å². The molecule has 0 atom stereocenters. The van der Waals surface area contributed by atoms with Crippen molar-refractivity contribution in [1.29, 1.82) is 0 Å². The monoisotopic (exact) mass is 415 g/mol. The first-order valence-electron chi connectivity index (χ1n) is 8.81. The summed E-state index contributed by atoms with van der Waals surface area (Å²) in [4.78, 5) is 12.4. The van der Waals surface area contributed by atoms with Crippen LogP contribution in [0.2, 0.25) is 0 Å². The summed E-state index contributed by atoms with van der Waals surface area (Å²) in [7, 11) is 3.13. The summed E-state index contributed by atoms with van der Waals surface area (Å²) in [5, 5.41) is 15.1. The maximum absolute atomic E-state index is 12.4. The molecule has 0 saturated carbocycles. The maximum atomic E-state index is 12.4. The standard InChI is InChI=1S/C19H21N5O4S/c1-4-28-16-8-6-5-7-14(16)20-18(25)12-29-19-21-22-23-24(19)15-10-9-13(26-2)11-17(15)27-3/h5-11H,4,12H2,1-3H3,(H,20,25). The Balaban J connectivity index is 1.71. The van der Waals surface area contributed by atoms with E-state index in [1.807, 2.05) is 25.1 Å². The van der Waals surface area contributed by atoms with Gasteiger partial charge >= 0.3 is 0 Å². The molecule has 10 heteroatoms. The van der Waals surface area contributed by atoms with E-state index in [4.69, 9.17) is 14.2 Å². The van der Waals surface area contributed by atoms with Gasteiger partial charge in [0.1, 0.15) is 22.9 Å². The number of benzene rings is 2. The third-order valence-corrected chi connectivity index (χ3v) is 4.77. The number of nitrogens with zero attached hydrogens (tertiary/aromatic N) is 4. The molecule has 0 unspecified atom stereocenters. The number of aromatic nitrogens is 4. The first-order chi connectivity index (χ1) is 14.2. The second-order valence-electron chi connectivity index (χ2n) is 5.68. The highest BCUT2D eigenvalue weighted by Gasteiger charge is 2.16. The number of anilines is 1. The van der Waals surface area contributed by atoms with E-state index in [9.17, 15) is 4.79 Å². The van der Waals surface area contributed by atoms with E-state index in [0.29, 0.717) is 40.4 Å². The minimum atomic E-state index is -0.196. The van der Waals surface area contributed by atoms with Crippen LogP contribution < -0.4 is 19.5 Å². The Labute approximate surface area is 172 Å². The zero-order chi connectivity index (χ0) is 20.6. The molecule has 1 aromatic heterocycles. The van der Waals surface area contributed by atoms with Crippen molar-refractivity contribution in [2.45, 2.75) is 12.1 Å². The molecule has 3 aromatic rings. The van der Waals surface area contributed by atoms with Crippen LogP contribution in [-0.4, -0.2) is 52.7 Å². The fraction of sp³-hybridized carbons (Fsp3) is 0.263. The van der Waals surface area contributed by atoms with Gasteiger partial charge in [-0.1, -0.05) is 23.9 Å². The lowest BCUT2D eigenvalue weighted by molar-refractivity contribution is -0.113. The van der Waals surface area contributed by atoms with Gasteiger partial charge in [-0.05, 0) is 41.6 Å². The lowest BCUT2D eigenvalue weighted by Gasteiger charge is -2.12. The molecule has 0 aliphatic heterocycles. The smallest absolute Gasteiger partial charge is 0.234 e. The van der Waals surface area contributed by atoms with Crippen LogP contribution in [0.25, 0.3) is 5.69 Å². The first-order valence-corrected chi connectivity index (χ1v) is 9.80. The molecule has 1 heterocycles. The maximum Gasteiger partial charge on any atom is 0.234 e. The van der Waals surface area contributed by atoms with Crippen LogP contribution in [0.4, 0.5) is 5.69 Å². The minimum absolute atomic E-state index is 0.124. The predicted molar refractivity (Wildman–Crippen MR) is 109 cm³/mol. The number of ether oxygens (including phenoxy) is 3. The molecule has 0 fully saturated rings. The SMILES string of the molecule is CCOc1ccccc1NC(=O)CSc1nnnn1-c1ccc(OC)cc1OC. The number of carbonyl (C=O) groups is 1. The summed E-state index contributed by atoms with van der Waals surface area (Å²) >= 11 is 1.21. The first kappa shape index (κ1) is 20.5. The number of para-hydroxylation sites is 2. The average Bonchev–Trinajstić information content (AvgIpc) is 3.21. The summed E-state index contributed by atoms with van der Waals surface area (Å²) in [6.07, 6.45) is 0. The summed E-state index contributed by atoms with van der Waals surface area (Å²) in [6, 6.07) is 12.6. The molecule has 0 aliphatic rings. The molecular formula is C19H21N5O4S. The van der Waals surface area contributed by atoms with Gasteiger partial charge in [0.2, 0.25) is 11.1 Å². The van der Waals surface area contributed by atoms with Gasteiger partial charge < -0.3 is 19.5 Å². The number of hydrogen-bond acceptors (Lipinski definition) is 8. The van der Waals surface area contributed by atoms with Crippen molar-refractivity contribution in [2.75, 3.05) is 31.9 Å². The fourth-order valence-corrected chi connectivity index (χ4v) is 3.23. The topological polar surface area (TPSA) is 100 Å². The number of methoxy groups -OCH3 is 2. The number of nitrogens with one attached hydrogen (secondary N) is 1. The summed E-state index contributed by atoms with van der Waals surface area (Å²) < 4.78 is 17.7. The van der Waals surface area contributed by atoms with Crippen molar-refractivity contribution >= 4 is 23.4 Å². The van der Waals surface area contributed by atoms with Crippen molar-refractivity contribution in [2.24, 2.45) is 0 Å². The highest BCUT2D eigenvalue weighted by Crippen LogP contribution is 2.30. The van der Waals surface area contributed by atoms with E-state index >= 15 is 0 Å². The van der Waals surface area contributed by atoms with Crippen molar-refractivity contribution < 1.29 is 19.0 Å². The molecule has 29 heavy (non-hydrogen) atoms. The van der Waals surface area contributed by atoms with E-state index in [1.54, 1.807) is 38.5 Å². The van der Waals surface area contributed by atoms with Crippen molar-refractivity contribution in [3.8, 4) is 22.9 Å². The Morgan fingerprint density at radius 2 is 1.97 bits per heavy atom. The molecule has 0 bridgehead atoms. The van der Waals surface area contributed by atoms with Crippen LogP contribution in [-0.2, 0) is 4.79 Å². The number of hydrogen-bond donors (Lipinski definition) is 1. The van der Waals surface area contributed by atoms with Gasteiger partial charge in [0.05, 0.1) is 32.3 Å². The highest BCUT2D eigenvalue weighted by atomic mass is 32.2. The predicted octanol–water partition coefficient (Wildman–Crippen LogP) is 2.81. The van der Waals surface area contributed by atoms with Crippen LogP contribution in [0, 0.1) is 0 Å². The fourth-order valence-electron chi connectivity index (χ4n) is 2.55. The lowest BCUT2D eigenvalue weighted by atomic mass is 10.3. The Morgan fingerprint density at radius 1 is 1.14 bits per heavy atom. The second-order valence-corrected chi connectivity index (χ2v) is 6.62. The normalized spacial score (nSPS) is 10.4. The molecule has 0 aliphatic carbocycles. The Bertz CT molecular complexity index is 979. The lowest BCUT2D eigenvalue weighted by Crippen LogP contribution is -2.15. The Morgan fingerprint density at radius 3 is 2.72 bits per heavy atom. The summed E-state index contributed by atoms with van der Waals surface area (Å²) in [5.41, 5.74) is 1.26. The van der Waals surface area contributed by atoms with Crippen LogP contribution in [0.15, 0.2) is 47.6 Å². The van der Waals surface area contributed by atoms with Gasteiger partial charge in [-0.2, -0.15) is 4.68 Å². The Hall–Kier alpha value is -3.27. The van der Waals surface area contributed by atoms with Gasteiger partial charge in [-0.15, -0.1) is 5.10 Å². The number of amides is 1. The van der Waals surface area contributed by atoms with E-state index in [-0.39, 0.29) is 11.7 Å². The van der Waals surface area contributed by atoms with Gasteiger partial charge in [0, 0.05) is 6.07 Å². The summed E-state index contributed by atoms with van der Waals surface area (Å²) in [6.45, 7) is 2.40. The number of carbonyl (C=O) groups excluding carboxylic acids is 1. The molecule has 3 rings (SSSR count). The zero-order valence-electron chi connectivity index (χ0n) is 16.3. The third kappa shape index (κ3) is 4.96.